The number of carbonyl (C=O) groups excluding carboxylic acids is 1. The van der Waals surface area contributed by atoms with Gasteiger partial charge in [0.25, 0.3) is 5.91 Å². The van der Waals surface area contributed by atoms with Crippen molar-refractivity contribution in [3.8, 4) is 0 Å². The zero-order valence-electron chi connectivity index (χ0n) is 9.62. The Hall–Kier alpha value is -2.18. The van der Waals surface area contributed by atoms with Gasteiger partial charge in [-0.15, -0.1) is 0 Å². The van der Waals surface area contributed by atoms with Crippen LogP contribution in [-0.2, 0) is 4.79 Å². The number of carbonyl (C=O) groups is 2. The lowest BCUT2D eigenvalue weighted by molar-refractivity contribution is -0.140. The molecule has 1 amide bonds. The molecular weight excluding hydrogens is 224 g/mol. The predicted molar refractivity (Wildman–Crippen MR) is 60.6 cm³/mol. The summed E-state index contributed by atoms with van der Waals surface area (Å²) in [6.07, 6.45) is 2.78. The van der Waals surface area contributed by atoms with Crippen molar-refractivity contribution in [2.45, 2.75) is 6.92 Å². The van der Waals surface area contributed by atoms with Crippen molar-refractivity contribution in [2.24, 2.45) is 11.7 Å². The molecule has 3 N–H and O–H groups in total. The van der Waals surface area contributed by atoms with E-state index in [0.717, 1.165) is 0 Å². The molecule has 7 heteroatoms. The molecule has 0 aliphatic carbocycles. The molecular formula is C10H14N4O3. The van der Waals surface area contributed by atoms with Gasteiger partial charge in [-0.1, -0.05) is 6.92 Å². The van der Waals surface area contributed by atoms with Crippen LogP contribution < -0.4 is 10.6 Å². The number of hydrogen-bond donors (Lipinski definition) is 2. The molecule has 0 aliphatic heterocycles. The van der Waals surface area contributed by atoms with E-state index >= 15 is 0 Å². The van der Waals surface area contributed by atoms with Crippen LogP contribution in [0.3, 0.4) is 0 Å². The molecule has 1 atom stereocenters. The summed E-state index contributed by atoms with van der Waals surface area (Å²) >= 11 is 0. The first kappa shape index (κ1) is 12.9. The van der Waals surface area contributed by atoms with Gasteiger partial charge >= 0.3 is 5.97 Å². The van der Waals surface area contributed by atoms with Gasteiger partial charge in [0.1, 0.15) is 0 Å². The first-order valence-electron chi connectivity index (χ1n) is 4.98. The number of aliphatic carboxylic acids is 1. The van der Waals surface area contributed by atoms with Gasteiger partial charge < -0.3 is 15.7 Å². The van der Waals surface area contributed by atoms with Crippen LogP contribution >= 0.6 is 0 Å². The fourth-order valence-corrected chi connectivity index (χ4v) is 1.36. The molecule has 1 heterocycles. The molecule has 1 aromatic rings. The zero-order valence-corrected chi connectivity index (χ0v) is 9.62. The quantitative estimate of drug-likeness (QED) is 0.730. The third kappa shape index (κ3) is 3.13. The lowest BCUT2D eigenvalue weighted by Crippen LogP contribution is -2.31. The second kappa shape index (κ2) is 5.24. The SMILES string of the molecule is CC(CN(C)c1nccnc1C(N)=O)C(=O)O. The van der Waals surface area contributed by atoms with Crippen molar-refractivity contribution in [1.29, 1.82) is 0 Å². The molecule has 0 aromatic carbocycles. The van der Waals surface area contributed by atoms with Gasteiger partial charge in [-0.3, -0.25) is 9.59 Å². The van der Waals surface area contributed by atoms with Crippen LogP contribution in [0.15, 0.2) is 12.4 Å². The van der Waals surface area contributed by atoms with Gasteiger partial charge in [-0.25, -0.2) is 9.97 Å². The summed E-state index contributed by atoms with van der Waals surface area (Å²) in [4.78, 5) is 31.2. The Kier molecular flexibility index (Phi) is 3.97. The fourth-order valence-electron chi connectivity index (χ4n) is 1.36. The number of aromatic nitrogens is 2. The maximum atomic E-state index is 11.1. The van der Waals surface area contributed by atoms with Gasteiger partial charge in [0.15, 0.2) is 11.5 Å². The molecule has 1 rings (SSSR count). The van der Waals surface area contributed by atoms with Crippen molar-refractivity contribution in [3.05, 3.63) is 18.1 Å². The first-order valence-corrected chi connectivity index (χ1v) is 4.98. The summed E-state index contributed by atoms with van der Waals surface area (Å²) < 4.78 is 0. The van der Waals surface area contributed by atoms with E-state index in [9.17, 15) is 9.59 Å². The van der Waals surface area contributed by atoms with Gasteiger partial charge in [0, 0.05) is 26.0 Å². The average Bonchev–Trinajstić information content (AvgIpc) is 2.28. The Bertz CT molecular complexity index is 435. The number of nitrogens with zero attached hydrogens (tertiary/aromatic N) is 3. The number of anilines is 1. The number of carboxylic acid groups (broad SMARTS) is 1. The van der Waals surface area contributed by atoms with Gasteiger partial charge in [0.2, 0.25) is 0 Å². The van der Waals surface area contributed by atoms with E-state index in [1.807, 2.05) is 0 Å². The fraction of sp³-hybridized carbons (Fsp3) is 0.400. The van der Waals surface area contributed by atoms with Crippen molar-refractivity contribution in [2.75, 3.05) is 18.5 Å². The molecule has 0 saturated carbocycles. The summed E-state index contributed by atoms with van der Waals surface area (Å²) in [5, 5.41) is 8.80. The molecule has 1 aromatic heterocycles. The van der Waals surface area contributed by atoms with Crippen molar-refractivity contribution in [1.82, 2.24) is 9.97 Å². The minimum Gasteiger partial charge on any atom is -0.481 e. The predicted octanol–water partition coefficient (Wildman–Crippen LogP) is -0.268. The summed E-state index contributed by atoms with van der Waals surface area (Å²) in [5.74, 6) is -1.90. The molecule has 1 unspecified atom stereocenters. The number of hydrogen-bond acceptors (Lipinski definition) is 5. The van der Waals surface area contributed by atoms with E-state index in [0.29, 0.717) is 0 Å². The molecule has 0 spiro atoms. The Morgan fingerprint density at radius 3 is 2.59 bits per heavy atom. The maximum absolute atomic E-state index is 11.1. The monoisotopic (exact) mass is 238 g/mol. The van der Waals surface area contributed by atoms with E-state index in [1.54, 1.807) is 18.9 Å². The standard InChI is InChI=1S/C10H14N4O3/c1-6(10(16)17)5-14(2)9-7(8(11)15)12-3-4-13-9/h3-4,6H,5H2,1-2H3,(H2,11,15)(H,16,17). The van der Waals surface area contributed by atoms with Crippen LogP contribution in [0.25, 0.3) is 0 Å². The summed E-state index contributed by atoms with van der Waals surface area (Å²) in [6.45, 7) is 1.79. The number of nitrogens with two attached hydrogens (primary N) is 1. The second-order valence-electron chi connectivity index (χ2n) is 3.71. The van der Waals surface area contributed by atoms with Gasteiger partial charge in [-0.05, 0) is 0 Å². The Balaban J connectivity index is 2.92. The van der Waals surface area contributed by atoms with E-state index in [2.05, 4.69) is 9.97 Å². The maximum Gasteiger partial charge on any atom is 0.308 e. The highest BCUT2D eigenvalue weighted by Gasteiger charge is 2.19. The zero-order chi connectivity index (χ0) is 13.0. The lowest BCUT2D eigenvalue weighted by Gasteiger charge is -2.21. The number of rotatable bonds is 5. The van der Waals surface area contributed by atoms with Crippen LogP contribution in [0.1, 0.15) is 17.4 Å². The van der Waals surface area contributed by atoms with Crippen molar-refractivity contribution in [3.63, 3.8) is 0 Å². The smallest absolute Gasteiger partial charge is 0.308 e. The lowest BCUT2D eigenvalue weighted by atomic mass is 10.2. The third-order valence-electron chi connectivity index (χ3n) is 2.24. The van der Waals surface area contributed by atoms with E-state index in [4.69, 9.17) is 10.8 Å². The summed E-state index contributed by atoms with van der Waals surface area (Å²) in [7, 11) is 1.63. The molecule has 0 aliphatic rings. The highest BCUT2D eigenvalue weighted by Crippen LogP contribution is 2.14. The van der Waals surface area contributed by atoms with Crippen molar-refractivity contribution >= 4 is 17.7 Å². The van der Waals surface area contributed by atoms with E-state index in [1.165, 1.54) is 12.4 Å². The molecule has 17 heavy (non-hydrogen) atoms. The van der Waals surface area contributed by atoms with Crippen LogP contribution in [-0.4, -0.2) is 40.5 Å². The molecule has 7 nitrogen and oxygen atoms in total. The Morgan fingerprint density at radius 2 is 2.06 bits per heavy atom. The summed E-state index contributed by atoms with van der Waals surface area (Å²) in [6, 6.07) is 0. The minimum atomic E-state index is -0.915. The Morgan fingerprint density at radius 1 is 1.47 bits per heavy atom. The second-order valence-corrected chi connectivity index (χ2v) is 3.71. The summed E-state index contributed by atoms with van der Waals surface area (Å²) in [5.41, 5.74) is 5.19. The number of carboxylic acids is 1. The molecule has 92 valence electrons. The van der Waals surface area contributed by atoms with Gasteiger partial charge in [-0.2, -0.15) is 0 Å². The van der Waals surface area contributed by atoms with Crippen LogP contribution in [0.4, 0.5) is 5.82 Å². The van der Waals surface area contributed by atoms with Crippen LogP contribution in [0.5, 0.6) is 0 Å². The molecule has 0 fully saturated rings. The highest BCUT2D eigenvalue weighted by molar-refractivity contribution is 5.95. The molecule has 0 saturated heterocycles. The van der Waals surface area contributed by atoms with Crippen molar-refractivity contribution < 1.29 is 14.7 Å². The largest absolute Gasteiger partial charge is 0.481 e. The first-order chi connectivity index (χ1) is 7.93. The topological polar surface area (TPSA) is 109 Å². The molecule has 0 radical (unpaired) electrons. The van der Waals surface area contributed by atoms with Crippen LogP contribution in [0.2, 0.25) is 0 Å². The molecule has 0 bridgehead atoms. The Labute approximate surface area is 98.3 Å². The van der Waals surface area contributed by atoms with Gasteiger partial charge in [0.05, 0.1) is 5.92 Å². The third-order valence-corrected chi connectivity index (χ3v) is 2.24. The van der Waals surface area contributed by atoms with E-state index in [-0.39, 0.29) is 18.1 Å². The average molecular weight is 238 g/mol. The number of amides is 1. The van der Waals surface area contributed by atoms with Crippen LogP contribution in [0, 0.1) is 5.92 Å². The highest BCUT2D eigenvalue weighted by atomic mass is 16.4. The minimum absolute atomic E-state index is 0.0348. The van der Waals surface area contributed by atoms with E-state index < -0.39 is 17.8 Å². The number of primary amides is 1. The normalized spacial score (nSPS) is 11.9.